The van der Waals surface area contributed by atoms with Gasteiger partial charge >= 0.3 is 0 Å². The lowest BCUT2D eigenvalue weighted by atomic mass is 9.70. The lowest BCUT2D eigenvalue weighted by molar-refractivity contribution is 0.0448. The van der Waals surface area contributed by atoms with Crippen molar-refractivity contribution in [2.45, 2.75) is 25.8 Å². The van der Waals surface area contributed by atoms with Crippen LogP contribution in [-0.4, -0.2) is 19.0 Å². The normalized spacial score (nSPS) is 18.8. The number of rotatable bonds is 2. The highest BCUT2D eigenvalue weighted by atomic mass is 35.5. The van der Waals surface area contributed by atoms with Crippen molar-refractivity contribution in [1.82, 2.24) is 0 Å². The second-order valence-corrected chi connectivity index (χ2v) is 7.66. The summed E-state index contributed by atoms with van der Waals surface area (Å²) in [5, 5.41) is 23.2. The van der Waals surface area contributed by atoms with Gasteiger partial charge in [-0.15, -0.1) is 0 Å². The van der Waals surface area contributed by atoms with E-state index in [-0.39, 0.29) is 5.41 Å². The van der Waals surface area contributed by atoms with Crippen LogP contribution in [0, 0.1) is 28.1 Å². The minimum absolute atomic E-state index is 0.205. The highest BCUT2D eigenvalue weighted by Crippen LogP contribution is 2.44. The molecule has 1 N–H and O–H groups in total. The fourth-order valence-electron chi connectivity index (χ4n) is 4.03. The Kier molecular flexibility index (Phi) is 5.05. The zero-order valence-corrected chi connectivity index (χ0v) is 16.1. The van der Waals surface area contributed by atoms with Gasteiger partial charge < -0.3 is 10.1 Å². The molecule has 140 valence electrons. The van der Waals surface area contributed by atoms with Gasteiger partial charge in [0, 0.05) is 23.7 Å². The molecule has 4 rings (SSSR count). The Balaban J connectivity index is 1.78. The van der Waals surface area contributed by atoms with E-state index < -0.39 is 0 Å². The van der Waals surface area contributed by atoms with Crippen LogP contribution in [0.1, 0.15) is 35.1 Å². The molecule has 1 spiro atoms. The van der Waals surface area contributed by atoms with Crippen molar-refractivity contribution in [2.24, 2.45) is 10.4 Å². The molecule has 0 saturated carbocycles. The monoisotopic (exact) mass is 390 g/mol. The largest absolute Gasteiger partial charge is 0.381 e. The van der Waals surface area contributed by atoms with Crippen LogP contribution in [0.25, 0.3) is 0 Å². The Bertz CT molecular complexity index is 1030. The van der Waals surface area contributed by atoms with Crippen molar-refractivity contribution < 1.29 is 4.74 Å². The molecule has 0 aromatic heterocycles. The highest BCUT2D eigenvalue weighted by molar-refractivity contribution is 6.30. The quantitative estimate of drug-likeness (QED) is 0.821. The third-order valence-corrected chi connectivity index (χ3v) is 5.81. The molecule has 0 amide bonds. The lowest BCUT2D eigenvalue weighted by Gasteiger charge is -2.43. The Labute approximate surface area is 169 Å². The Morgan fingerprint density at radius 1 is 1.11 bits per heavy atom. The molecule has 1 saturated heterocycles. The van der Waals surface area contributed by atoms with E-state index in [0.29, 0.717) is 48.0 Å². The van der Waals surface area contributed by atoms with Gasteiger partial charge in [0.25, 0.3) is 0 Å². The van der Waals surface area contributed by atoms with E-state index in [1.54, 1.807) is 12.1 Å². The second-order valence-electron chi connectivity index (χ2n) is 7.23. The van der Waals surface area contributed by atoms with Crippen LogP contribution in [0.2, 0.25) is 5.02 Å². The molecule has 0 atom stereocenters. The van der Waals surface area contributed by atoms with Crippen LogP contribution >= 0.6 is 11.6 Å². The fourth-order valence-corrected chi connectivity index (χ4v) is 4.25. The molecule has 0 aliphatic carbocycles. The van der Waals surface area contributed by atoms with Crippen molar-refractivity contribution in [3.63, 3.8) is 0 Å². The molecule has 2 heterocycles. The number of nitrogens with one attached hydrogen (secondary N) is 1. The number of aliphatic imine (C=N–C) groups is 1. The summed E-state index contributed by atoms with van der Waals surface area (Å²) in [4.78, 5) is 4.90. The maximum atomic E-state index is 9.56. The minimum atomic E-state index is -0.205. The average Bonchev–Trinajstić information content (AvgIpc) is 2.72. The molecular weight excluding hydrogens is 372 g/mol. The van der Waals surface area contributed by atoms with Crippen LogP contribution in [0.15, 0.2) is 41.4 Å². The number of nitrogens with zero attached hydrogens (tertiary/aromatic N) is 3. The molecule has 2 aromatic rings. The predicted molar refractivity (Wildman–Crippen MR) is 108 cm³/mol. The molecule has 1 fully saturated rings. The zero-order chi connectivity index (χ0) is 19.6. The van der Waals surface area contributed by atoms with Crippen LogP contribution in [0.5, 0.6) is 0 Å². The van der Waals surface area contributed by atoms with Crippen LogP contribution in [0.3, 0.4) is 0 Å². The van der Waals surface area contributed by atoms with Crippen molar-refractivity contribution in [1.29, 1.82) is 10.5 Å². The summed E-state index contributed by atoms with van der Waals surface area (Å²) in [6.45, 7) is 1.82. The standard InChI is InChI=1S/C22H19ClN4O/c23-18-3-1-2-15(10-18)14-26-21-22(6-8-28-9-7-22)11-19-16(12-24)4-5-17(13-25)20(19)27-21/h1-5,10H,6-9,11,14H2,(H,26,27). The molecule has 0 unspecified atom stereocenters. The van der Waals surface area contributed by atoms with Gasteiger partial charge in [0.15, 0.2) is 0 Å². The fraction of sp³-hybridized carbons (Fsp3) is 0.318. The van der Waals surface area contributed by atoms with E-state index in [1.165, 1.54) is 0 Å². The van der Waals surface area contributed by atoms with E-state index >= 15 is 0 Å². The first kappa shape index (κ1) is 18.5. The molecule has 0 bridgehead atoms. The maximum Gasteiger partial charge on any atom is 0.108 e. The SMILES string of the molecule is N#Cc1ccc(C#N)c2c1CC1(CCOCC1)C(=NCc1cccc(Cl)c1)N2. The summed E-state index contributed by atoms with van der Waals surface area (Å²) in [7, 11) is 0. The van der Waals surface area contributed by atoms with Gasteiger partial charge in [0.05, 0.1) is 29.4 Å². The van der Waals surface area contributed by atoms with Crippen molar-refractivity contribution in [2.75, 3.05) is 18.5 Å². The number of nitriles is 2. The summed E-state index contributed by atoms with van der Waals surface area (Å²) in [6.07, 6.45) is 2.34. The number of amidine groups is 1. The van der Waals surface area contributed by atoms with E-state index in [4.69, 9.17) is 21.3 Å². The summed E-state index contributed by atoms with van der Waals surface area (Å²) in [5.41, 5.74) is 3.59. The second kappa shape index (κ2) is 7.64. The van der Waals surface area contributed by atoms with Gasteiger partial charge in [-0.05, 0) is 54.7 Å². The molecule has 2 aliphatic rings. The van der Waals surface area contributed by atoms with Gasteiger partial charge in [0.2, 0.25) is 0 Å². The smallest absolute Gasteiger partial charge is 0.108 e. The summed E-state index contributed by atoms with van der Waals surface area (Å²) in [6, 6.07) is 15.6. The molecule has 5 nitrogen and oxygen atoms in total. The Hall–Kier alpha value is -2.86. The van der Waals surface area contributed by atoms with Gasteiger partial charge in [-0.2, -0.15) is 10.5 Å². The van der Waals surface area contributed by atoms with Crippen LogP contribution < -0.4 is 5.32 Å². The Morgan fingerprint density at radius 2 is 1.86 bits per heavy atom. The predicted octanol–water partition coefficient (Wildman–Crippen LogP) is 4.45. The number of fused-ring (bicyclic) bond motifs is 1. The van der Waals surface area contributed by atoms with E-state index in [2.05, 4.69) is 17.5 Å². The van der Waals surface area contributed by atoms with Gasteiger partial charge in [-0.1, -0.05) is 23.7 Å². The molecule has 6 heteroatoms. The first-order valence-corrected chi connectivity index (χ1v) is 9.63. The number of halogens is 1. The Morgan fingerprint density at radius 3 is 2.57 bits per heavy atom. The van der Waals surface area contributed by atoms with E-state index in [0.717, 1.165) is 29.8 Å². The number of anilines is 1. The molecule has 2 aliphatic heterocycles. The van der Waals surface area contributed by atoms with Gasteiger partial charge in [-0.25, -0.2) is 0 Å². The first-order chi connectivity index (χ1) is 13.6. The number of hydrogen-bond donors (Lipinski definition) is 1. The van der Waals surface area contributed by atoms with Crippen molar-refractivity contribution >= 4 is 23.1 Å². The number of ether oxygens (including phenoxy) is 1. The topological polar surface area (TPSA) is 81.2 Å². The third-order valence-electron chi connectivity index (χ3n) is 5.57. The highest BCUT2D eigenvalue weighted by Gasteiger charge is 2.43. The molecule has 0 radical (unpaired) electrons. The first-order valence-electron chi connectivity index (χ1n) is 9.25. The van der Waals surface area contributed by atoms with Crippen LogP contribution in [0.4, 0.5) is 5.69 Å². The molecular formula is C22H19ClN4O. The third kappa shape index (κ3) is 3.36. The molecule has 2 aromatic carbocycles. The summed E-state index contributed by atoms with van der Waals surface area (Å²) in [5.74, 6) is 0.870. The van der Waals surface area contributed by atoms with Crippen LogP contribution in [-0.2, 0) is 17.7 Å². The number of hydrogen-bond acceptors (Lipinski definition) is 4. The summed E-state index contributed by atoms with van der Waals surface area (Å²) < 4.78 is 5.60. The minimum Gasteiger partial charge on any atom is -0.381 e. The number of benzene rings is 2. The van der Waals surface area contributed by atoms with Crippen molar-refractivity contribution in [3.8, 4) is 12.1 Å². The van der Waals surface area contributed by atoms with Crippen molar-refractivity contribution in [3.05, 3.63) is 63.7 Å². The maximum absolute atomic E-state index is 9.56. The average molecular weight is 391 g/mol. The summed E-state index contributed by atoms with van der Waals surface area (Å²) >= 11 is 6.10. The van der Waals surface area contributed by atoms with E-state index in [9.17, 15) is 10.5 Å². The molecule has 28 heavy (non-hydrogen) atoms. The lowest BCUT2D eigenvalue weighted by Crippen LogP contribution is -2.46. The van der Waals surface area contributed by atoms with Gasteiger partial charge in [0.1, 0.15) is 11.9 Å². The van der Waals surface area contributed by atoms with E-state index in [1.807, 2.05) is 24.3 Å². The zero-order valence-electron chi connectivity index (χ0n) is 15.3. The van der Waals surface area contributed by atoms with Gasteiger partial charge in [-0.3, -0.25) is 4.99 Å².